The van der Waals surface area contributed by atoms with Crippen molar-refractivity contribution in [3.05, 3.63) is 41.0 Å². The second kappa shape index (κ2) is 7.24. The lowest BCUT2D eigenvalue weighted by molar-refractivity contribution is 0.0930. The third-order valence-electron chi connectivity index (χ3n) is 3.32. The van der Waals surface area contributed by atoms with E-state index in [2.05, 4.69) is 15.5 Å². The highest BCUT2D eigenvalue weighted by Gasteiger charge is 2.17. The topological polar surface area (TPSA) is 78.0 Å². The number of rotatable bonds is 6. The van der Waals surface area contributed by atoms with Gasteiger partial charge in [0.15, 0.2) is 0 Å². The smallest absolute Gasteiger partial charge is 0.255 e. The Morgan fingerprint density at radius 2 is 2.14 bits per heavy atom. The summed E-state index contributed by atoms with van der Waals surface area (Å²) < 4.78 is 0. The van der Waals surface area contributed by atoms with Crippen molar-refractivity contribution in [2.45, 2.75) is 25.8 Å². The summed E-state index contributed by atoms with van der Waals surface area (Å²) in [6.45, 7) is 2.02. The van der Waals surface area contributed by atoms with Gasteiger partial charge in [0.2, 0.25) is 0 Å². The number of hydrogen-bond acceptors (Lipinski definition) is 3. The number of benzene rings is 1. The Bertz CT molecular complexity index is 595. The number of nitrogens with one attached hydrogen (secondary N) is 2. The number of aromatic nitrogens is 2. The predicted octanol–water partition coefficient (Wildman–Crippen LogP) is 2.62. The van der Waals surface area contributed by atoms with Gasteiger partial charge in [-0.3, -0.25) is 9.89 Å². The highest BCUT2D eigenvalue weighted by atomic mass is 35.5. The van der Waals surface area contributed by atoms with Crippen molar-refractivity contribution in [1.82, 2.24) is 15.5 Å². The van der Waals surface area contributed by atoms with Gasteiger partial charge in [-0.25, -0.2) is 0 Å². The molecule has 1 heterocycles. The molecule has 1 aromatic heterocycles. The fourth-order valence-corrected chi connectivity index (χ4v) is 2.22. The maximum Gasteiger partial charge on any atom is 0.255 e. The molecule has 6 heteroatoms. The Hall–Kier alpha value is -1.85. The lowest BCUT2D eigenvalue weighted by atomic mass is 10.1. The minimum atomic E-state index is -0.200. The molecule has 0 aliphatic heterocycles. The number of aliphatic hydroxyl groups excluding tert-OH is 1. The van der Waals surface area contributed by atoms with Crippen LogP contribution >= 0.6 is 11.6 Å². The summed E-state index contributed by atoms with van der Waals surface area (Å²) >= 11 is 5.87. The van der Waals surface area contributed by atoms with Gasteiger partial charge in [0.25, 0.3) is 5.91 Å². The summed E-state index contributed by atoms with van der Waals surface area (Å²) in [5.41, 5.74) is 1.98. The van der Waals surface area contributed by atoms with Crippen molar-refractivity contribution in [2.24, 2.45) is 0 Å². The number of hydrogen-bond donors (Lipinski definition) is 3. The molecule has 1 unspecified atom stereocenters. The molecule has 1 amide bonds. The molecule has 1 atom stereocenters. The van der Waals surface area contributed by atoms with Crippen molar-refractivity contribution >= 4 is 17.5 Å². The van der Waals surface area contributed by atoms with Crippen LogP contribution in [0, 0.1) is 0 Å². The number of H-pyrrole nitrogens is 1. The van der Waals surface area contributed by atoms with Gasteiger partial charge in [-0.15, -0.1) is 0 Å². The van der Waals surface area contributed by atoms with Gasteiger partial charge in [0.1, 0.15) is 0 Å². The molecule has 0 aliphatic rings. The van der Waals surface area contributed by atoms with Crippen molar-refractivity contribution in [3.63, 3.8) is 0 Å². The van der Waals surface area contributed by atoms with Crippen molar-refractivity contribution in [3.8, 4) is 11.3 Å². The molecule has 112 valence electrons. The molecule has 0 saturated carbocycles. The zero-order chi connectivity index (χ0) is 15.2. The molecule has 0 fully saturated rings. The monoisotopic (exact) mass is 307 g/mol. The summed E-state index contributed by atoms with van der Waals surface area (Å²) in [7, 11) is 0. The van der Waals surface area contributed by atoms with E-state index < -0.39 is 0 Å². The molecular formula is C15H18ClN3O2. The largest absolute Gasteiger partial charge is 0.396 e. The van der Waals surface area contributed by atoms with Gasteiger partial charge >= 0.3 is 0 Å². The summed E-state index contributed by atoms with van der Waals surface area (Å²) in [5, 5.41) is 19.3. The van der Waals surface area contributed by atoms with Crippen LogP contribution in [0.3, 0.4) is 0 Å². The molecule has 0 saturated heterocycles. The molecular weight excluding hydrogens is 290 g/mol. The van der Waals surface area contributed by atoms with Crippen LogP contribution in [0.4, 0.5) is 0 Å². The van der Waals surface area contributed by atoms with Crippen LogP contribution < -0.4 is 5.32 Å². The first kappa shape index (κ1) is 15.5. The Kier molecular flexibility index (Phi) is 5.36. The summed E-state index contributed by atoms with van der Waals surface area (Å²) in [4.78, 5) is 12.3. The Labute approximate surface area is 128 Å². The van der Waals surface area contributed by atoms with Crippen molar-refractivity contribution < 1.29 is 9.90 Å². The normalized spacial score (nSPS) is 12.1. The highest BCUT2D eigenvalue weighted by molar-refractivity contribution is 6.30. The molecule has 0 aliphatic carbocycles. The van der Waals surface area contributed by atoms with Crippen LogP contribution in [0.5, 0.6) is 0 Å². The molecule has 2 aromatic rings. The first-order valence-electron chi connectivity index (χ1n) is 6.86. The van der Waals surface area contributed by atoms with E-state index in [1.807, 2.05) is 19.1 Å². The Balaban J connectivity index is 2.19. The maximum atomic E-state index is 12.3. The standard InChI is InChI=1S/C15H18ClN3O2/c1-2-12(7-8-20)18-15(21)13-9-17-19-14(13)10-3-5-11(16)6-4-10/h3-6,9,12,20H,2,7-8H2,1H3,(H,17,19)(H,18,21). The van der Waals surface area contributed by atoms with E-state index in [4.69, 9.17) is 16.7 Å². The number of amides is 1. The van der Waals surface area contributed by atoms with Gasteiger partial charge in [-0.05, 0) is 25.0 Å². The first-order chi connectivity index (χ1) is 10.2. The van der Waals surface area contributed by atoms with Crippen LogP contribution in [0.1, 0.15) is 30.1 Å². The van der Waals surface area contributed by atoms with E-state index >= 15 is 0 Å². The van der Waals surface area contributed by atoms with Gasteiger partial charge in [0.05, 0.1) is 17.5 Å². The number of carbonyl (C=O) groups is 1. The lowest BCUT2D eigenvalue weighted by Crippen LogP contribution is -2.35. The van der Waals surface area contributed by atoms with E-state index in [1.54, 1.807) is 12.1 Å². The number of halogens is 1. The predicted molar refractivity (Wildman–Crippen MR) is 82.3 cm³/mol. The number of carbonyl (C=O) groups excluding carboxylic acids is 1. The molecule has 2 rings (SSSR count). The average molecular weight is 308 g/mol. The first-order valence-corrected chi connectivity index (χ1v) is 7.24. The maximum absolute atomic E-state index is 12.3. The third-order valence-corrected chi connectivity index (χ3v) is 3.57. The summed E-state index contributed by atoms with van der Waals surface area (Å²) in [6, 6.07) is 7.14. The van der Waals surface area contributed by atoms with E-state index in [0.29, 0.717) is 22.7 Å². The van der Waals surface area contributed by atoms with E-state index in [-0.39, 0.29) is 18.6 Å². The van der Waals surface area contributed by atoms with Crippen LogP contribution in [-0.2, 0) is 0 Å². The Morgan fingerprint density at radius 3 is 2.76 bits per heavy atom. The van der Waals surface area contributed by atoms with Gasteiger partial charge < -0.3 is 10.4 Å². The second-order valence-electron chi connectivity index (χ2n) is 4.76. The third kappa shape index (κ3) is 3.83. The van der Waals surface area contributed by atoms with Gasteiger partial charge in [-0.2, -0.15) is 5.10 Å². The van der Waals surface area contributed by atoms with Crippen LogP contribution in [-0.4, -0.2) is 33.9 Å². The number of nitrogens with zero attached hydrogens (tertiary/aromatic N) is 1. The van der Waals surface area contributed by atoms with Crippen molar-refractivity contribution in [2.75, 3.05) is 6.61 Å². The van der Waals surface area contributed by atoms with Crippen LogP contribution in [0.15, 0.2) is 30.5 Å². The molecule has 0 bridgehead atoms. The zero-order valence-electron chi connectivity index (χ0n) is 11.8. The SMILES string of the molecule is CCC(CCO)NC(=O)c1cn[nH]c1-c1ccc(Cl)cc1. The minimum Gasteiger partial charge on any atom is -0.396 e. The van der Waals surface area contributed by atoms with Gasteiger partial charge in [-0.1, -0.05) is 30.7 Å². The van der Waals surface area contributed by atoms with E-state index in [1.165, 1.54) is 6.20 Å². The molecule has 21 heavy (non-hydrogen) atoms. The summed E-state index contributed by atoms with van der Waals surface area (Å²) in [6.07, 6.45) is 2.81. The summed E-state index contributed by atoms with van der Waals surface area (Å²) in [5.74, 6) is -0.200. The second-order valence-corrected chi connectivity index (χ2v) is 5.19. The minimum absolute atomic E-state index is 0.0459. The highest BCUT2D eigenvalue weighted by Crippen LogP contribution is 2.23. The van der Waals surface area contributed by atoms with Crippen LogP contribution in [0.2, 0.25) is 5.02 Å². The molecule has 1 aromatic carbocycles. The fraction of sp³-hybridized carbons (Fsp3) is 0.333. The van der Waals surface area contributed by atoms with Crippen molar-refractivity contribution in [1.29, 1.82) is 0 Å². The molecule has 5 nitrogen and oxygen atoms in total. The lowest BCUT2D eigenvalue weighted by Gasteiger charge is -2.15. The molecule has 0 radical (unpaired) electrons. The number of aliphatic hydroxyl groups is 1. The van der Waals surface area contributed by atoms with Gasteiger partial charge in [0, 0.05) is 23.2 Å². The van der Waals surface area contributed by atoms with Crippen LogP contribution in [0.25, 0.3) is 11.3 Å². The molecule has 0 spiro atoms. The fourth-order valence-electron chi connectivity index (χ4n) is 2.09. The zero-order valence-corrected chi connectivity index (χ0v) is 12.5. The van der Waals surface area contributed by atoms with E-state index in [9.17, 15) is 4.79 Å². The average Bonchev–Trinajstić information content (AvgIpc) is 2.97. The van der Waals surface area contributed by atoms with E-state index in [0.717, 1.165) is 12.0 Å². The quantitative estimate of drug-likeness (QED) is 0.767. The Morgan fingerprint density at radius 1 is 1.43 bits per heavy atom. The number of aromatic amines is 1. The molecule has 3 N–H and O–H groups in total.